The van der Waals surface area contributed by atoms with Gasteiger partial charge in [0, 0.05) is 31.0 Å². The van der Waals surface area contributed by atoms with E-state index in [0.29, 0.717) is 25.3 Å². The van der Waals surface area contributed by atoms with E-state index in [1.54, 1.807) is 10.9 Å². The van der Waals surface area contributed by atoms with Crippen molar-refractivity contribution in [3.05, 3.63) is 48.3 Å². The molecule has 0 saturated carbocycles. The first-order valence-corrected chi connectivity index (χ1v) is 7.08. The topological polar surface area (TPSA) is 47.4 Å². The molecule has 1 amide bonds. The number of morpholine rings is 1. The van der Waals surface area contributed by atoms with Crippen LogP contribution < -0.4 is 0 Å². The molecule has 21 heavy (non-hydrogen) atoms. The van der Waals surface area contributed by atoms with E-state index in [4.69, 9.17) is 4.74 Å². The number of hydrogen-bond acceptors (Lipinski definition) is 3. The number of ether oxygens (including phenoxy) is 1. The molecule has 0 spiro atoms. The number of nitrogens with zero attached hydrogens (tertiary/aromatic N) is 3. The number of benzene rings is 1. The summed E-state index contributed by atoms with van der Waals surface area (Å²) in [5.74, 6) is 0.0541. The quantitative estimate of drug-likeness (QED) is 0.849. The van der Waals surface area contributed by atoms with Gasteiger partial charge in [0.25, 0.3) is 5.91 Å². The molecule has 0 radical (unpaired) electrons. The van der Waals surface area contributed by atoms with Crippen LogP contribution in [0.2, 0.25) is 0 Å². The van der Waals surface area contributed by atoms with Crippen LogP contribution in [-0.4, -0.2) is 45.9 Å². The molecule has 3 rings (SSSR count). The fourth-order valence-electron chi connectivity index (χ4n) is 2.55. The summed E-state index contributed by atoms with van der Waals surface area (Å²) in [4.78, 5) is 14.4. The van der Waals surface area contributed by atoms with E-state index in [1.165, 1.54) is 0 Å². The number of aromatic nitrogens is 2. The van der Waals surface area contributed by atoms with Crippen molar-refractivity contribution < 1.29 is 9.53 Å². The van der Waals surface area contributed by atoms with E-state index in [0.717, 1.165) is 5.69 Å². The van der Waals surface area contributed by atoms with Crippen molar-refractivity contribution in [2.24, 2.45) is 0 Å². The fraction of sp³-hybridized carbons (Fsp3) is 0.375. The molecular formula is C16H19N3O2. The van der Waals surface area contributed by atoms with Gasteiger partial charge in [0.05, 0.1) is 17.9 Å². The Morgan fingerprint density at radius 3 is 2.67 bits per heavy atom. The zero-order valence-corrected chi connectivity index (χ0v) is 12.3. The lowest BCUT2D eigenvalue weighted by atomic mass is 10.1. The largest absolute Gasteiger partial charge is 0.372 e. The highest BCUT2D eigenvalue weighted by atomic mass is 16.5. The van der Waals surface area contributed by atoms with Crippen LogP contribution in [0.1, 0.15) is 24.2 Å². The first-order chi connectivity index (χ1) is 10.1. The summed E-state index contributed by atoms with van der Waals surface area (Å²) in [5, 5.41) is 4.17. The second kappa shape index (κ2) is 5.33. The molecule has 1 aliphatic rings. The Morgan fingerprint density at radius 2 is 2.05 bits per heavy atom. The maximum Gasteiger partial charge on any atom is 0.254 e. The van der Waals surface area contributed by atoms with Crippen molar-refractivity contribution >= 4 is 5.91 Å². The van der Waals surface area contributed by atoms with Gasteiger partial charge in [-0.1, -0.05) is 0 Å². The molecule has 2 heterocycles. The molecule has 1 aromatic heterocycles. The first kappa shape index (κ1) is 13.8. The average molecular weight is 285 g/mol. The summed E-state index contributed by atoms with van der Waals surface area (Å²) in [7, 11) is 0. The summed E-state index contributed by atoms with van der Waals surface area (Å²) >= 11 is 0. The average Bonchev–Trinajstić information content (AvgIpc) is 3.00. The van der Waals surface area contributed by atoms with Gasteiger partial charge in [0.1, 0.15) is 0 Å². The maximum atomic E-state index is 12.5. The predicted octanol–water partition coefficient (Wildman–Crippen LogP) is 2.12. The highest BCUT2D eigenvalue weighted by Crippen LogP contribution is 2.19. The highest BCUT2D eigenvalue weighted by Gasteiger charge is 2.30. The third-order valence-corrected chi connectivity index (χ3v) is 3.60. The second-order valence-corrected chi connectivity index (χ2v) is 5.83. The molecule has 0 N–H and O–H groups in total. The molecule has 1 saturated heterocycles. The molecule has 0 bridgehead atoms. The van der Waals surface area contributed by atoms with E-state index in [2.05, 4.69) is 5.10 Å². The fourth-order valence-corrected chi connectivity index (χ4v) is 2.55. The lowest BCUT2D eigenvalue weighted by molar-refractivity contribution is -0.0764. The molecule has 110 valence electrons. The molecule has 1 aromatic carbocycles. The zero-order chi connectivity index (χ0) is 14.9. The van der Waals surface area contributed by atoms with Gasteiger partial charge in [-0.3, -0.25) is 4.79 Å². The Kier molecular flexibility index (Phi) is 3.51. The highest BCUT2D eigenvalue weighted by molar-refractivity contribution is 5.94. The molecule has 1 aliphatic heterocycles. The van der Waals surface area contributed by atoms with Gasteiger partial charge in [-0.15, -0.1) is 0 Å². The van der Waals surface area contributed by atoms with Crippen LogP contribution in [0.3, 0.4) is 0 Å². The second-order valence-electron chi connectivity index (χ2n) is 5.83. The van der Waals surface area contributed by atoms with Crippen LogP contribution in [-0.2, 0) is 4.74 Å². The molecule has 0 atom stereocenters. The summed E-state index contributed by atoms with van der Waals surface area (Å²) in [6.07, 6.45) is 3.61. The van der Waals surface area contributed by atoms with E-state index in [9.17, 15) is 4.79 Å². The first-order valence-electron chi connectivity index (χ1n) is 7.08. The smallest absolute Gasteiger partial charge is 0.254 e. The van der Waals surface area contributed by atoms with Gasteiger partial charge in [0.15, 0.2) is 0 Å². The lowest BCUT2D eigenvalue weighted by Gasteiger charge is -2.38. The van der Waals surface area contributed by atoms with Crippen molar-refractivity contribution in [3.8, 4) is 5.69 Å². The Labute approximate surface area is 124 Å². The van der Waals surface area contributed by atoms with Crippen molar-refractivity contribution in [1.82, 2.24) is 14.7 Å². The molecule has 5 heteroatoms. The SMILES string of the molecule is CC1(C)CN(C(=O)c2ccc(-n3cccn3)cc2)CCO1. The van der Waals surface area contributed by atoms with Gasteiger partial charge < -0.3 is 9.64 Å². The Balaban J connectivity index is 1.76. The van der Waals surface area contributed by atoms with Gasteiger partial charge in [0.2, 0.25) is 0 Å². The van der Waals surface area contributed by atoms with Gasteiger partial charge >= 0.3 is 0 Å². The van der Waals surface area contributed by atoms with Crippen LogP contribution >= 0.6 is 0 Å². The van der Waals surface area contributed by atoms with Crippen LogP contribution in [0.4, 0.5) is 0 Å². The van der Waals surface area contributed by atoms with Gasteiger partial charge in [-0.2, -0.15) is 5.10 Å². The monoisotopic (exact) mass is 285 g/mol. The van der Waals surface area contributed by atoms with Crippen LogP contribution in [0.5, 0.6) is 0 Å². The third-order valence-electron chi connectivity index (χ3n) is 3.60. The number of hydrogen-bond donors (Lipinski definition) is 0. The number of carbonyl (C=O) groups is 1. The molecular weight excluding hydrogens is 266 g/mol. The number of rotatable bonds is 2. The Morgan fingerprint density at radius 1 is 1.29 bits per heavy atom. The summed E-state index contributed by atoms with van der Waals surface area (Å²) in [6, 6.07) is 9.39. The minimum Gasteiger partial charge on any atom is -0.372 e. The van der Waals surface area contributed by atoms with Crippen molar-refractivity contribution in [2.75, 3.05) is 19.7 Å². The maximum absolute atomic E-state index is 12.5. The molecule has 2 aromatic rings. The normalized spacial score (nSPS) is 17.7. The Bertz CT molecular complexity index is 617. The number of carbonyl (C=O) groups excluding carboxylic acids is 1. The van der Waals surface area contributed by atoms with Gasteiger partial charge in [-0.05, 0) is 44.2 Å². The van der Waals surface area contributed by atoms with E-state index >= 15 is 0 Å². The van der Waals surface area contributed by atoms with E-state index in [1.807, 2.05) is 55.3 Å². The van der Waals surface area contributed by atoms with Crippen LogP contribution in [0.15, 0.2) is 42.7 Å². The van der Waals surface area contributed by atoms with Gasteiger partial charge in [-0.25, -0.2) is 4.68 Å². The van der Waals surface area contributed by atoms with E-state index < -0.39 is 0 Å². The standard InChI is InChI=1S/C16H19N3O2/c1-16(2)12-18(10-11-21-16)15(20)13-4-6-14(7-5-13)19-9-3-8-17-19/h3-9H,10-12H2,1-2H3. The zero-order valence-electron chi connectivity index (χ0n) is 12.3. The van der Waals surface area contributed by atoms with Crippen LogP contribution in [0, 0.1) is 0 Å². The molecule has 5 nitrogen and oxygen atoms in total. The van der Waals surface area contributed by atoms with E-state index in [-0.39, 0.29) is 11.5 Å². The van der Waals surface area contributed by atoms with Crippen LogP contribution in [0.25, 0.3) is 5.69 Å². The van der Waals surface area contributed by atoms with Crippen molar-refractivity contribution in [3.63, 3.8) is 0 Å². The minimum absolute atomic E-state index is 0.0541. The lowest BCUT2D eigenvalue weighted by Crippen LogP contribution is -2.50. The number of amides is 1. The Hall–Kier alpha value is -2.14. The third kappa shape index (κ3) is 2.97. The minimum atomic E-state index is -0.275. The summed E-state index contributed by atoms with van der Waals surface area (Å²) in [6.45, 7) is 5.86. The van der Waals surface area contributed by atoms with Crippen molar-refractivity contribution in [2.45, 2.75) is 19.4 Å². The molecule has 0 aliphatic carbocycles. The summed E-state index contributed by atoms with van der Waals surface area (Å²) in [5.41, 5.74) is 1.37. The molecule has 0 unspecified atom stereocenters. The van der Waals surface area contributed by atoms with Crippen molar-refractivity contribution in [1.29, 1.82) is 0 Å². The predicted molar refractivity (Wildman–Crippen MR) is 79.5 cm³/mol. The molecule has 1 fully saturated rings. The summed E-state index contributed by atoms with van der Waals surface area (Å²) < 4.78 is 7.41.